The molecule has 6 heteroatoms. The van der Waals surface area contributed by atoms with Crippen molar-refractivity contribution in [1.29, 1.82) is 0 Å². The maximum Gasteiger partial charge on any atom is 0.306 e. The maximum atomic E-state index is 12.8. The SMILES string of the molecule is Cc1c[nH]c(C(=O)Nc2ccc(C3CCC(C(=O)O)CC3)cc2C2=CCC(C)(C)CC2)n1. The second-order valence-corrected chi connectivity index (χ2v) is 10.1. The summed E-state index contributed by atoms with van der Waals surface area (Å²) in [6, 6.07) is 6.31. The summed E-state index contributed by atoms with van der Waals surface area (Å²) in [5.41, 5.74) is 5.47. The van der Waals surface area contributed by atoms with Crippen molar-refractivity contribution in [3.05, 3.63) is 53.1 Å². The van der Waals surface area contributed by atoms with E-state index in [9.17, 15) is 14.7 Å². The summed E-state index contributed by atoms with van der Waals surface area (Å²) in [4.78, 5) is 31.3. The fourth-order valence-electron chi connectivity index (χ4n) is 4.90. The number of rotatable bonds is 5. The van der Waals surface area contributed by atoms with E-state index in [-0.39, 0.29) is 11.8 Å². The number of anilines is 1. The van der Waals surface area contributed by atoms with E-state index in [0.29, 0.717) is 17.2 Å². The third-order valence-corrected chi connectivity index (χ3v) is 7.08. The standard InChI is InChI=1S/C26H33N3O3/c1-16-15-27-23(28-16)24(30)29-22-9-8-20(17-4-6-19(7-5-17)25(31)32)14-21(22)18-10-12-26(2,3)13-11-18/h8-10,14-15,17,19H,4-7,11-13H2,1-3H3,(H,27,28)(H,29,30)(H,31,32). The van der Waals surface area contributed by atoms with Crippen LogP contribution in [-0.2, 0) is 4.79 Å². The number of carbonyl (C=O) groups is 2. The van der Waals surface area contributed by atoms with Crippen molar-refractivity contribution in [1.82, 2.24) is 9.97 Å². The van der Waals surface area contributed by atoms with Crippen LogP contribution in [0.4, 0.5) is 5.69 Å². The number of carboxylic acid groups (broad SMARTS) is 1. The highest BCUT2D eigenvalue weighted by Crippen LogP contribution is 2.42. The van der Waals surface area contributed by atoms with Crippen LogP contribution in [0.15, 0.2) is 30.5 Å². The number of carboxylic acids is 1. The first-order valence-corrected chi connectivity index (χ1v) is 11.6. The van der Waals surface area contributed by atoms with Crippen LogP contribution in [0.5, 0.6) is 0 Å². The van der Waals surface area contributed by atoms with E-state index >= 15 is 0 Å². The lowest BCUT2D eigenvalue weighted by atomic mass is 9.75. The lowest BCUT2D eigenvalue weighted by Crippen LogP contribution is -2.21. The Morgan fingerprint density at radius 2 is 1.94 bits per heavy atom. The summed E-state index contributed by atoms with van der Waals surface area (Å²) in [6.45, 7) is 6.43. The minimum atomic E-state index is -0.676. The Bertz CT molecular complexity index is 1040. The molecule has 0 radical (unpaired) electrons. The average Bonchev–Trinajstić information content (AvgIpc) is 3.21. The molecular weight excluding hydrogens is 402 g/mol. The first kappa shape index (κ1) is 22.3. The molecule has 6 nitrogen and oxygen atoms in total. The molecule has 2 aliphatic rings. The van der Waals surface area contributed by atoms with Crippen molar-refractivity contribution >= 4 is 23.1 Å². The number of aromatic nitrogens is 2. The number of aromatic amines is 1. The first-order valence-electron chi connectivity index (χ1n) is 11.6. The molecule has 0 atom stereocenters. The number of amides is 1. The van der Waals surface area contributed by atoms with Crippen molar-refractivity contribution < 1.29 is 14.7 Å². The van der Waals surface area contributed by atoms with E-state index in [1.54, 1.807) is 6.20 Å². The van der Waals surface area contributed by atoms with Crippen molar-refractivity contribution in [2.45, 2.75) is 71.6 Å². The van der Waals surface area contributed by atoms with Gasteiger partial charge in [0.1, 0.15) is 0 Å². The lowest BCUT2D eigenvalue weighted by molar-refractivity contribution is -0.142. The zero-order valence-corrected chi connectivity index (χ0v) is 19.2. The summed E-state index contributed by atoms with van der Waals surface area (Å²) in [5.74, 6) is -0.466. The highest BCUT2D eigenvalue weighted by atomic mass is 16.4. The number of aliphatic carboxylic acids is 1. The van der Waals surface area contributed by atoms with Crippen LogP contribution < -0.4 is 5.32 Å². The van der Waals surface area contributed by atoms with E-state index in [1.807, 2.05) is 13.0 Å². The van der Waals surface area contributed by atoms with Crippen molar-refractivity contribution in [2.24, 2.45) is 11.3 Å². The largest absolute Gasteiger partial charge is 0.481 e. The molecule has 1 amide bonds. The van der Waals surface area contributed by atoms with Gasteiger partial charge in [0.25, 0.3) is 5.91 Å². The Kier molecular flexibility index (Phi) is 6.22. The number of hydrogen-bond acceptors (Lipinski definition) is 3. The number of imidazole rings is 1. The molecule has 0 saturated heterocycles. The summed E-state index contributed by atoms with van der Waals surface area (Å²) < 4.78 is 0. The van der Waals surface area contributed by atoms with Gasteiger partial charge in [-0.15, -0.1) is 0 Å². The van der Waals surface area contributed by atoms with Gasteiger partial charge >= 0.3 is 5.97 Å². The van der Waals surface area contributed by atoms with Crippen LogP contribution in [0.25, 0.3) is 5.57 Å². The predicted octanol–water partition coefficient (Wildman–Crippen LogP) is 5.92. The molecule has 1 fully saturated rings. The minimum Gasteiger partial charge on any atom is -0.481 e. The molecule has 0 aliphatic heterocycles. The smallest absolute Gasteiger partial charge is 0.306 e. The topological polar surface area (TPSA) is 95.1 Å². The molecule has 3 N–H and O–H groups in total. The van der Waals surface area contributed by atoms with E-state index < -0.39 is 5.97 Å². The van der Waals surface area contributed by atoms with Gasteiger partial charge in [-0.25, -0.2) is 4.98 Å². The van der Waals surface area contributed by atoms with Gasteiger partial charge in [0, 0.05) is 17.4 Å². The van der Waals surface area contributed by atoms with Crippen LogP contribution in [0.1, 0.15) is 92.2 Å². The summed E-state index contributed by atoms with van der Waals surface area (Å²) in [6.07, 6.45) is 10.4. The molecule has 0 unspecified atom stereocenters. The number of hydrogen-bond donors (Lipinski definition) is 3. The van der Waals surface area contributed by atoms with E-state index in [0.717, 1.165) is 61.9 Å². The van der Waals surface area contributed by atoms with Crippen LogP contribution in [0.3, 0.4) is 0 Å². The molecule has 32 heavy (non-hydrogen) atoms. The van der Waals surface area contributed by atoms with Gasteiger partial charge in [-0.05, 0) is 86.5 Å². The molecule has 0 bridgehead atoms. The van der Waals surface area contributed by atoms with E-state index in [2.05, 4.69) is 47.3 Å². The summed E-state index contributed by atoms with van der Waals surface area (Å²) in [5, 5.41) is 12.4. The molecule has 2 aliphatic carbocycles. The van der Waals surface area contributed by atoms with Gasteiger partial charge in [-0.3, -0.25) is 9.59 Å². The first-order chi connectivity index (χ1) is 15.2. The molecule has 1 aromatic heterocycles. The fourth-order valence-corrected chi connectivity index (χ4v) is 4.90. The number of aryl methyl sites for hydroxylation is 1. The van der Waals surface area contributed by atoms with Crippen molar-refractivity contribution in [3.8, 4) is 0 Å². The third kappa shape index (κ3) is 4.95. The highest BCUT2D eigenvalue weighted by molar-refractivity contribution is 6.03. The van der Waals surface area contributed by atoms with Gasteiger partial charge < -0.3 is 15.4 Å². The summed E-state index contributed by atoms with van der Waals surface area (Å²) >= 11 is 0. The number of carbonyl (C=O) groups excluding carboxylic acids is 1. The van der Waals surface area contributed by atoms with Gasteiger partial charge in [0.05, 0.1) is 11.6 Å². The molecule has 2 aromatic rings. The lowest BCUT2D eigenvalue weighted by Gasteiger charge is -2.30. The Morgan fingerprint density at radius 3 is 2.53 bits per heavy atom. The number of benzene rings is 1. The molecule has 1 heterocycles. The Morgan fingerprint density at radius 1 is 1.19 bits per heavy atom. The van der Waals surface area contributed by atoms with Crippen molar-refractivity contribution in [3.63, 3.8) is 0 Å². The van der Waals surface area contributed by atoms with Gasteiger partial charge in [0.2, 0.25) is 0 Å². The number of H-pyrrole nitrogens is 1. The molecule has 4 rings (SSSR count). The minimum absolute atomic E-state index is 0.218. The molecule has 1 aromatic carbocycles. The number of allylic oxidation sites excluding steroid dienone is 2. The molecular formula is C26H33N3O3. The van der Waals surface area contributed by atoms with Crippen LogP contribution >= 0.6 is 0 Å². The molecule has 0 spiro atoms. The van der Waals surface area contributed by atoms with Crippen molar-refractivity contribution in [2.75, 3.05) is 5.32 Å². The van der Waals surface area contributed by atoms with E-state index in [4.69, 9.17) is 0 Å². The highest BCUT2D eigenvalue weighted by Gasteiger charge is 2.28. The number of nitrogens with one attached hydrogen (secondary N) is 2. The van der Waals surface area contributed by atoms with Crippen LogP contribution in [0, 0.1) is 18.3 Å². The predicted molar refractivity (Wildman–Crippen MR) is 126 cm³/mol. The Hall–Kier alpha value is -2.89. The van der Waals surface area contributed by atoms with Crippen LogP contribution in [-0.4, -0.2) is 27.0 Å². The zero-order valence-electron chi connectivity index (χ0n) is 19.2. The summed E-state index contributed by atoms with van der Waals surface area (Å²) in [7, 11) is 0. The second-order valence-electron chi connectivity index (χ2n) is 10.1. The molecule has 170 valence electrons. The Labute approximate surface area is 189 Å². The monoisotopic (exact) mass is 435 g/mol. The van der Waals surface area contributed by atoms with Gasteiger partial charge in [-0.2, -0.15) is 0 Å². The van der Waals surface area contributed by atoms with Crippen LogP contribution in [0.2, 0.25) is 0 Å². The maximum absolute atomic E-state index is 12.8. The van der Waals surface area contributed by atoms with Gasteiger partial charge in [-0.1, -0.05) is 26.0 Å². The average molecular weight is 436 g/mol. The quantitative estimate of drug-likeness (QED) is 0.543. The zero-order chi connectivity index (χ0) is 22.9. The normalized spacial score (nSPS) is 22.8. The van der Waals surface area contributed by atoms with E-state index in [1.165, 1.54) is 11.1 Å². The fraction of sp³-hybridized carbons (Fsp3) is 0.500. The second kappa shape index (κ2) is 8.93. The Balaban J connectivity index is 1.62. The molecule has 1 saturated carbocycles. The third-order valence-electron chi connectivity index (χ3n) is 7.08. The number of nitrogens with zero attached hydrogens (tertiary/aromatic N) is 1. The van der Waals surface area contributed by atoms with Gasteiger partial charge in [0.15, 0.2) is 5.82 Å².